The van der Waals surface area contributed by atoms with E-state index in [1.807, 2.05) is 19.9 Å². The van der Waals surface area contributed by atoms with E-state index in [0.29, 0.717) is 12.0 Å². The Labute approximate surface area is 246 Å². The predicted molar refractivity (Wildman–Crippen MR) is 147 cm³/mol. The summed E-state index contributed by atoms with van der Waals surface area (Å²) in [7, 11) is 0. The minimum absolute atomic E-state index is 0.0393. The minimum Gasteiger partial charge on any atom is -0.461 e. The molecule has 9 atom stereocenters. The van der Waals surface area contributed by atoms with Crippen molar-refractivity contribution in [3.63, 3.8) is 0 Å². The van der Waals surface area contributed by atoms with Gasteiger partial charge in [-0.05, 0) is 33.3 Å². The van der Waals surface area contributed by atoms with Gasteiger partial charge < -0.3 is 28.4 Å². The molecule has 1 spiro atoms. The zero-order valence-corrected chi connectivity index (χ0v) is 25.6. The van der Waals surface area contributed by atoms with Crippen LogP contribution in [0.1, 0.15) is 87.5 Å². The lowest BCUT2D eigenvalue weighted by Crippen LogP contribution is -2.64. The highest BCUT2D eigenvalue weighted by atomic mass is 16.7. The molecule has 2 aliphatic carbocycles. The molecule has 0 saturated carbocycles. The van der Waals surface area contributed by atoms with Crippen LogP contribution in [0.3, 0.4) is 0 Å². The standard InChI is InChI=1S/C31H42O11/c1-9-11-24(35)39-20-14-16(3)15-22-31(30(8,42-31)28(36)40-22)27(38-19(6)33)25-17(4)12-13-21(37-18(5)32)29(25,7)26(20)41-23(34)10-2/h12,15,20-22,25-27H,9-11,13-14H2,1-8H3/b16-15-/t20-,21-,22-,25+,26-,27-,29-,30-,31-/m0/s1. The molecular formula is C31H42O11. The Morgan fingerprint density at radius 1 is 0.952 bits per heavy atom. The highest BCUT2D eigenvalue weighted by molar-refractivity contribution is 5.89. The molecule has 0 aromatic rings. The Bertz CT molecular complexity index is 1220. The third-order valence-electron chi connectivity index (χ3n) is 9.15. The fourth-order valence-electron chi connectivity index (χ4n) is 7.17. The topological polar surface area (TPSA) is 144 Å². The van der Waals surface area contributed by atoms with Gasteiger partial charge in [0.2, 0.25) is 0 Å². The van der Waals surface area contributed by atoms with Crippen molar-refractivity contribution in [3.8, 4) is 0 Å². The Morgan fingerprint density at radius 3 is 2.19 bits per heavy atom. The lowest BCUT2D eigenvalue weighted by molar-refractivity contribution is -0.215. The molecule has 4 rings (SSSR count). The SMILES string of the molecule is CCCC(=O)O[C@H]1C/C(C)=C\[C@@H]2OC(=O)[C@]3(C)O[C@]23[C@@H](OC(C)=O)[C@H]2C(C)=CC[C@H](OC(C)=O)[C@]2(C)[C@H]1OC(=O)CC. The van der Waals surface area contributed by atoms with E-state index in [2.05, 4.69) is 0 Å². The Balaban J connectivity index is 2.04. The summed E-state index contributed by atoms with van der Waals surface area (Å²) >= 11 is 0. The first-order valence-corrected chi connectivity index (χ1v) is 14.6. The van der Waals surface area contributed by atoms with Gasteiger partial charge in [-0.15, -0.1) is 0 Å². The summed E-state index contributed by atoms with van der Waals surface area (Å²) in [6.07, 6.45) is -0.349. The average molecular weight is 591 g/mol. The van der Waals surface area contributed by atoms with Crippen molar-refractivity contribution in [1.82, 2.24) is 0 Å². The molecule has 11 heteroatoms. The third-order valence-corrected chi connectivity index (χ3v) is 9.15. The van der Waals surface area contributed by atoms with Gasteiger partial charge in [0.05, 0.1) is 5.41 Å². The highest BCUT2D eigenvalue weighted by Gasteiger charge is 2.87. The molecular weight excluding hydrogens is 548 g/mol. The minimum atomic E-state index is -1.41. The molecule has 2 fully saturated rings. The Morgan fingerprint density at radius 2 is 1.62 bits per heavy atom. The number of carbonyl (C=O) groups is 5. The number of epoxide rings is 1. The summed E-state index contributed by atoms with van der Waals surface area (Å²) in [4.78, 5) is 64.3. The van der Waals surface area contributed by atoms with Crippen molar-refractivity contribution in [2.75, 3.05) is 0 Å². The summed E-state index contributed by atoms with van der Waals surface area (Å²) in [5, 5.41) is 0. The Kier molecular flexibility index (Phi) is 8.66. The van der Waals surface area contributed by atoms with Crippen LogP contribution in [-0.2, 0) is 52.4 Å². The lowest BCUT2D eigenvalue weighted by atomic mass is 9.56. The van der Waals surface area contributed by atoms with Gasteiger partial charge in [-0.25, -0.2) is 4.79 Å². The van der Waals surface area contributed by atoms with Crippen LogP contribution in [0.25, 0.3) is 0 Å². The van der Waals surface area contributed by atoms with Crippen molar-refractivity contribution in [1.29, 1.82) is 0 Å². The molecule has 0 N–H and O–H groups in total. The molecule has 2 heterocycles. The maximum absolute atomic E-state index is 13.2. The summed E-state index contributed by atoms with van der Waals surface area (Å²) in [6, 6.07) is 0. The van der Waals surface area contributed by atoms with Crippen molar-refractivity contribution in [3.05, 3.63) is 23.3 Å². The van der Waals surface area contributed by atoms with E-state index < -0.39 is 82.9 Å². The lowest BCUT2D eigenvalue weighted by Gasteiger charge is -2.54. The second-order valence-electron chi connectivity index (χ2n) is 12.2. The molecule has 0 aromatic carbocycles. The van der Waals surface area contributed by atoms with Crippen LogP contribution in [0.2, 0.25) is 0 Å². The fourth-order valence-corrected chi connectivity index (χ4v) is 7.17. The fraction of sp³-hybridized carbons (Fsp3) is 0.710. The van der Waals surface area contributed by atoms with Crippen LogP contribution >= 0.6 is 0 Å². The van der Waals surface area contributed by atoms with Crippen LogP contribution in [0, 0.1) is 11.3 Å². The summed E-state index contributed by atoms with van der Waals surface area (Å²) in [6.45, 7) is 13.1. The number of fused-ring (bicyclic) bond motifs is 1. The molecule has 0 unspecified atom stereocenters. The first-order chi connectivity index (χ1) is 19.6. The zero-order valence-electron chi connectivity index (χ0n) is 25.6. The molecule has 11 nitrogen and oxygen atoms in total. The molecule has 2 aliphatic heterocycles. The van der Waals surface area contributed by atoms with E-state index in [9.17, 15) is 24.0 Å². The second kappa shape index (κ2) is 11.5. The smallest absolute Gasteiger partial charge is 0.342 e. The number of esters is 5. The van der Waals surface area contributed by atoms with Crippen LogP contribution in [0.15, 0.2) is 23.3 Å². The maximum Gasteiger partial charge on any atom is 0.342 e. The largest absolute Gasteiger partial charge is 0.461 e. The van der Waals surface area contributed by atoms with Crippen molar-refractivity contribution < 1.29 is 52.4 Å². The van der Waals surface area contributed by atoms with Crippen LogP contribution in [-0.4, -0.2) is 71.6 Å². The van der Waals surface area contributed by atoms with Crippen molar-refractivity contribution >= 4 is 29.8 Å². The van der Waals surface area contributed by atoms with Gasteiger partial charge in [0.15, 0.2) is 17.3 Å². The molecule has 2 saturated heterocycles. The number of carbonyl (C=O) groups excluding carboxylic acids is 5. The monoisotopic (exact) mass is 590 g/mol. The van der Waals surface area contributed by atoms with Gasteiger partial charge in [-0.1, -0.05) is 38.0 Å². The van der Waals surface area contributed by atoms with Crippen LogP contribution in [0.4, 0.5) is 0 Å². The first-order valence-electron chi connectivity index (χ1n) is 14.6. The summed E-state index contributed by atoms with van der Waals surface area (Å²) in [5.74, 6) is -3.61. The van der Waals surface area contributed by atoms with Gasteiger partial charge in [0.25, 0.3) is 0 Å². The molecule has 0 radical (unpaired) electrons. The van der Waals surface area contributed by atoms with Gasteiger partial charge in [-0.3, -0.25) is 19.2 Å². The van der Waals surface area contributed by atoms with Gasteiger partial charge >= 0.3 is 29.8 Å². The quantitative estimate of drug-likeness (QED) is 0.185. The van der Waals surface area contributed by atoms with Gasteiger partial charge in [-0.2, -0.15) is 0 Å². The van der Waals surface area contributed by atoms with E-state index in [4.69, 9.17) is 28.4 Å². The third kappa shape index (κ3) is 5.14. The van der Waals surface area contributed by atoms with Crippen LogP contribution in [0.5, 0.6) is 0 Å². The molecule has 0 bridgehead atoms. The Hall–Kier alpha value is -3.21. The number of hydrogen-bond acceptors (Lipinski definition) is 11. The maximum atomic E-state index is 13.2. The summed E-state index contributed by atoms with van der Waals surface area (Å²) < 4.78 is 36.2. The van der Waals surface area contributed by atoms with Crippen molar-refractivity contribution in [2.24, 2.45) is 11.3 Å². The number of hydrogen-bond donors (Lipinski definition) is 0. The normalized spacial score (nSPS) is 40.0. The van der Waals surface area contributed by atoms with E-state index >= 15 is 0 Å². The molecule has 4 aliphatic rings. The second-order valence-corrected chi connectivity index (χ2v) is 12.2. The van der Waals surface area contributed by atoms with Gasteiger partial charge in [0, 0.05) is 45.4 Å². The highest BCUT2D eigenvalue weighted by Crippen LogP contribution is 2.65. The van der Waals surface area contributed by atoms with E-state index in [-0.39, 0.29) is 25.7 Å². The number of rotatable bonds is 7. The van der Waals surface area contributed by atoms with E-state index in [1.54, 1.807) is 33.8 Å². The van der Waals surface area contributed by atoms with E-state index in [1.165, 1.54) is 13.8 Å². The zero-order chi connectivity index (χ0) is 31.2. The average Bonchev–Trinajstić information content (AvgIpc) is 3.48. The van der Waals surface area contributed by atoms with E-state index in [0.717, 1.165) is 5.57 Å². The number of ether oxygens (including phenoxy) is 6. The predicted octanol–water partition coefficient (Wildman–Crippen LogP) is 3.66. The van der Waals surface area contributed by atoms with Gasteiger partial charge in [0.1, 0.15) is 24.4 Å². The summed E-state index contributed by atoms with van der Waals surface area (Å²) in [5.41, 5.74) is -2.71. The molecule has 0 aromatic heterocycles. The molecule has 42 heavy (non-hydrogen) atoms. The van der Waals surface area contributed by atoms with Crippen LogP contribution < -0.4 is 0 Å². The molecule has 232 valence electrons. The molecule has 0 amide bonds. The van der Waals surface area contributed by atoms with Crippen molar-refractivity contribution in [2.45, 2.75) is 129 Å². The first kappa shape index (κ1) is 31.7.